The van der Waals surface area contributed by atoms with Crippen molar-refractivity contribution in [3.05, 3.63) is 53.8 Å². The van der Waals surface area contributed by atoms with Gasteiger partial charge in [-0.05, 0) is 38.0 Å². The molecule has 0 saturated carbocycles. The van der Waals surface area contributed by atoms with E-state index < -0.39 is 17.8 Å². The lowest BCUT2D eigenvalue weighted by Gasteiger charge is -2.40. The second-order valence-corrected chi connectivity index (χ2v) is 7.80. The van der Waals surface area contributed by atoms with Crippen LogP contribution in [0.3, 0.4) is 0 Å². The van der Waals surface area contributed by atoms with Gasteiger partial charge in [0, 0.05) is 37.3 Å². The highest BCUT2D eigenvalue weighted by molar-refractivity contribution is 5.80. The zero-order chi connectivity index (χ0) is 23.0. The van der Waals surface area contributed by atoms with Gasteiger partial charge in [-0.2, -0.15) is 22.8 Å². The molecule has 0 aromatic carbocycles. The van der Waals surface area contributed by atoms with Crippen molar-refractivity contribution in [1.82, 2.24) is 24.7 Å². The number of aryl methyl sites for hydroxylation is 1. The van der Waals surface area contributed by atoms with Crippen LogP contribution >= 0.6 is 0 Å². The Labute approximate surface area is 181 Å². The number of rotatable bonds is 3. The predicted molar refractivity (Wildman–Crippen MR) is 107 cm³/mol. The molecule has 32 heavy (non-hydrogen) atoms. The molecular weight excluding hydrogens is 426 g/mol. The molecule has 1 aliphatic rings. The van der Waals surface area contributed by atoms with Crippen LogP contribution in [0.5, 0.6) is 0 Å². The fourth-order valence-corrected chi connectivity index (χ4v) is 4.18. The van der Waals surface area contributed by atoms with E-state index >= 15 is 0 Å². The maximum Gasteiger partial charge on any atom is 0.433 e. The van der Waals surface area contributed by atoms with Crippen LogP contribution in [0.25, 0.3) is 11.3 Å². The van der Waals surface area contributed by atoms with E-state index in [9.17, 15) is 22.8 Å². The van der Waals surface area contributed by atoms with Crippen LogP contribution in [-0.2, 0) is 13.2 Å². The first-order valence-electron chi connectivity index (χ1n) is 9.93. The van der Waals surface area contributed by atoms with Crippen LogP contribution < -0.4 is 4.90 Å². The van der Waals surface area contributed by atoms with E-state index in [2.05, 4.69) is 20.2 Å². The van der Waals surface area contributed by atoms with Crippen molar-refractivity contribution in [2.24, 2.45) is 7.05 Å². The van der Waals surface area contributed by atoms with Gasteiger partial charge in [-0.25, -0.2) is 9.97 Å². The number of hydrogen-bond donors (Lipinski definition) is 0. The number of pyridine rings is 2. The second-order valence-electron chi connectivity index (χ2n) is 7.80. The average Bonchev–Trinajstić information content (AvgIpc) is 3.18. The van der Waals surface area contributed by atoms with E-state index in [-0.39, 0.29) is 34.5 Å². The molecule has 11 heteroatoms. The minimum atomic E-state index is -4.74. The van der Waals surface area contributed by atoms with E-state index in [1.165, 1.54) is 6.07 Å². The Morgan fingerprint density at radius 3 is 2.59 bits per heavy atom. The summed E-state index contributed by atoms with van der Waals surface area (Å²) in [6.07, 6.45) is -0.654. The molecule has 0 aliphatic carbocycles. The molecule has 1 fully saturated rings. The first kappa shape index (κ1) is 21.7. The highest BCUT2D eigenvalue weighted by atomic mass is 19.4. The van der Waals surface area contributed by atoms with Gasteiger partial charge in [0.2, 0.25) is 5.95 Å². The van der Waals surface area contributed by atoms with Crippen LogP contribution in [0.4, 0.5) is 23.2 Å². The summed E-state index contributed by atoms with van der Waals surface area (Å²) in [6, 6.07) is 4.90. The van der Waals surface area contributed by atoms with Crippen LogP contribution in [0.1, 0.15) is 42.8 Å². The number of aromatic nitrogens is 5. The molecule has 1 saturated heterocycles. The van der Waals surface area contributed by atoms with Gasteiger partial charge in [0.05, 0.1) is 16.9 Å². The molecule has 166 valence electrons. The minimum absolute atomic E-state index is 0.0483. The molecule has 7 nitrogen and oxygen atoms in total. The SMILES string of the molecule is CC1CC(c2nncn2C)CCN1c1c(C#N)cc(C(F)(F)F)nc1-c1ccc(F)nc1. The summed E-state index contributed by atoms with van der Waals surface area (Å²) < 4.78 is 55.7. The van der Waals surface area contributed by atoms with Gasteiger partial charge in [0.15, 0.2) is 0 Å². The fraction of sp³-hybridized carbons (Fsp3) is 0.381. The molecule has 0 amide bonds. The van der Waals surface area contributed by atoms with Crippen molar-refractivity contribution in [3.8, 4) is 17.3 Å². The van der Waals surface area contributed by atoms with Crippen LogP contribution in [0.15, 0.2) is 30.7 Å². The second kappa shape index (κ2) is 8.18. The Balaban J connectivity index is 1.80. The van der Waals surface area contributed by atoms with Gasteiger partial charge < -0.3 is 9.47 Å². The highest BCUT2D eigenvalue weighted by Crippen LogP contribution is 2.41. The maximum atomic E-state index is 13.5. The summed E-state index contributed by atoms with van der Waals surface area (Å²) >= 11 is 0. The Morgan fingerprint density at radius 2 is 2.03 bits per heavy atom. The molecule has 2 atom stereocenters. The molecule has 0 bridgehead atoms. The van der Waals surface area contributed by atoms with Gasteiger partial charge in [-0.15, -0.1) is 10.2 Å². The topological polar surface area (TPSA) is 83.5 Å². The lowest BCUT2D eigenvalue weighted by molar-refractivity contribution is -0.141. The van der Waals surface area contributed by atoms with Crippen LogP contribution in [0.2, 0.25) is 0 Å². The lowest BCUT2D eigenvalue weighted by Crippen LogP contribution is -2.41. The van der Waals surface area contributed by atoms with Gasteiger partial charge >= 0.3 is 6.18 Å². The third-order valence-corrected chi connectivity index (χ3v) is 5.68. The monoisotopic (exact) mass is 445 g/mol. The summed E-state index contributed by atoms with van der Waals surface area (Å²) in [7, 11) is 1.86. The van der Waals surface area contributed by atoms with E-state index in [1.54, 1.807) is 6.33 Å². The largest absolute Gasteiger partial charge is 0.433 e. The van der Waals surface area contributed by atoms with Gasteiger partial charge in [-0.1, -0.05) is 0 Å². The van der Waals surface area contributed by atoms with Crippen molar-refractivity contribution < 1.29 is 17.6 Å². The first-order chi connectivity index (χ1) is 15.2. The number of nitrogens with zero attached hydrogens (tertiary/aromatic N) is 7. The molecule has 0 radical (unpaired) electrons. The quantitative estimate of drug-likeness (QED) is 0.446. The summed E-state index contributed by atoms with van der Waals surface area (Å²) in [4.78, 5) is 9.28. The number of hydrogen-bond acceptors (Lipinski definition) is 6. The molecule has 4 rings (SSSR count). The zero-order valence-electron chi connectivity index (χ0n) is 17.3. The first-order valence-corrected chi connectivity index (χ1v) is 9.93. The van der Waals surface area contributed by atoms with Crippen molar-refractivity contribution >= 4 is 5.69 Å². The maximum absolute atomic E-state index is 13.5. The smallest absolute Gasteiger partial charge is 0.366 e. The standard InChI is InChI=1S/C21H19F4N7/c1-12-7-13(20-30-28-11-31(20)2)5-6-32(12)19-15(9-26)8-16(21(23,24)25)29-18(19)14-3-4-17(22)27-10-14/h3-4,8,10-13H,5-7H2,1-2H3. The van der Waals surface area contributed by atoms with Gasteiger partial charge in [0.25, 0.3) is 0 Å². The Morgan fingerprint density at radius 1 is 1.25 bits per heavy atom. The van der Waals surface area contributed by atoms with Crippen LogP contribution in [0, 0.1) is 17.3 Å². The minimum Gasteiger partial charge on any atom is -0.366 e. The van der Waals surface area contributed by atoms with Gasteiger partial charge in [-0.3, -0.25) is 0 Å². The number of halogens is 4. The Hall–Kier alpha value is -3.55. The summed E-state index contributed by atoms with van der Waals surface area (Å²) in [5.74, 6) is 0.198. The van der Waals surface area contributed by atoms with Crippen molar-refractivity contribution in [2.75, 3.05) is 11.4 Å². The molecular formula is C21H19F4N7. The third kappa shape index (κ3) is 4.00. The van der Waals surface area contributed by atoms with E-state index in [4.69, 9.17) is 0 Å². The number of nitriles is 1. The van der Waals surface area contributed by atoms with Crippen molar-refractivity contribution in [2.45, 2.75) is 37.9 Å². The Bertz CT molecular complexity index is 1160. The normalized spacial score (nSPS) is 19.1. The fourth-order valence-electron chi connectivity index (χ4n) is 4.18. The Kier molecular flexibility index (Phi) is 5.54. The number of piperidine rings is 1. The zero-order valence-corrected chi connectivity index (χ0v) is 17.3. The molecule has 0 spiro atoms. The number of anilines is 1. The molecule has 4 heterocycles. The van der Waals surface area contributed by atoms with E-state index in [1.807, 2.05) is 29.5 Å². The summed E-state index contributed by atoms with van der Waals surface area (Å²) in [5, 5.41) is 17.8. The molecule has 2 unspecified atom stereocenters. The third-order valence-electron chi connectivity index (χ3n) is 5.68. The summed E-state index contributed by atoms with van der Waals surface area (Å²) in [5.41, 5.74) is -0.883. The molecule has 0 N–H and O–H groups in total. The van der Waals surface area contributed by atoms with Gasteiger partial charge in [0.1, 0.15) is 23.9 Å². The van der Waals surface area contributed by atoms with Crippen molar-refractivity contribution in [1.29, 1.82) is 5.26 Å². The lowest BCUT2D eigenvalue weighted by atomic mass is 9.89. The molecule has 1 aliphatic heterocycles. The number of alkyl halides is 3. The predicted octanol–water partition coefficient (Wildman–Crippen LogP) is 4.07. The van der Waals surface area contributed by atoms with Crippen LogP contribution in [-0.4, -0.2) is 37.3 Å². The molecule has 3 aromatic rings. The highest BCUT2D eigenvalue weighted by Gasteiger charge is 2.37. The summed E-state index contributed by atoms with van der Waals surface area (Å²) in [6.45, 7) is 2.41. The molecule has 3 aromatic heterocycles. The van der Waals surface area contributed by atoms with E-state index in [0.29, 0.717) is 19.4 Å². The van der Waals surface area contributed by atoms with E-state index in [0.717, 1.165) is 24.2 Å². The average molecular weight is 445 g/mol. The van der Waals surface area contributed by atoms with Crippen molar-refractivity contribution in [3.63, 3.8) is 0 Å².